The van der Waals surface area contributed by atoms with Crippen LogP contribution in [0.5, 0.6) is 5.88 Å². The van der Waals surface area contributed by atoms with Crippen molar-refractivity contribution in [3.63, 3.8) is 0 Å². The predicted octanol–water partition coefficient (Wildman–Crippen LogP) is 2.87. The van der Waals surface area contributed by atoms with E-state index in [-0.39, 0.29) is 12.0 Å². The smallest absolute Gasteiger partial charge is 0.222 e. The van der Waals surface area contributed by atoms with Crippen LogP contribution in [0, 0.1) is 0 Å². The van der Waals surface area contributed by atoms with Gasteiger partial charge in [0.1, 0.15) is 12.4 Å². The number of carbonyl (C=O) groups excluding carboxylic acids is 1. The number of likely N-dealkylation sites (tertiary alicyclic amines) is 1. The van der Waals surface area contributed by atoms with Crippen LogP contribution in [-0.2, 0) is 11.2 Å². The zero-order chi connectivity index (χ0) is 16.6. The summed E-state index contributed by atoms with van der Waals surface area (Å²) in [5.41, 5.74) is 1.29. The van der Waals surface area contributed by atoms with Gasteiger partial charge in [-0.05, 0) is 31.2 Å². The zero-order valence-electron chi connectivity index (χ0n) is 13.8. The average Bonchev–Trinajstić information content (AvgIpc) is 2.64. The topological polar surface area (TPSA) is 55.3 Å². The lowest BCUT2D eigenvalue weighted by atomic mass is 10.1. The first kappa shape index (κ1) is 16.4. The van der Waals surface area contributed by atoms with Crippen LogP contribution in [0.25, 0.3) is 0 Å². The number of aryl methyl sites for hydroxylation is 1. The van der Waals surface area contributed by atoms with E-state index in [4.69, 9.17) is 4.74 Å². The van der Waals surface area contributed by atoms with Gasteiger partial charge in [0.05, 0.1) is 6.54 Å². The largest absolute Gasteiger partial charge is 0.472 e. The lowest BCUT2D eigenvalue weighted by molar-refractivity contribution is -0.133. The van der Waals surface area contributed by atoms with Crippen LogP contribution in [0.15, 0.2) is 48.9 Å². The van der Waals surface area contributed by atoms with Gasteiger partial charge < -0.3 is 9.64 Å². The van der Waals surface area contributed by atoms with E-state index in [0.29, 0.717) is 18.8 Å². The molecule has 1 aliphatic rings. The lowest BCUT2D eigenvalue weighted by Gasteiger charge is -2.32. The summed E-state index contributed by atoms with van der Waals surface area (Å²) in [7, 11) is 0. The van der Waals surface area contributed by atoms with Crippen molar-refractivity contribution < 1.29 is 9.53 Å². The van der Waals surface area contributed by atoms with Crippen LogP contribution in [-0.4, -0.2) is 40.0 Å². The maximum atomic E-state index is 12.4. The number of piperidine rings is 1. The first-order valence-electron chi connectivity index (χ1n) is 8.55. The summed E-state index contributed by atoms with van der Waals surface area (Å²) >= 11 is 0. The fourth-order valence-corrected chi connectivity index (χ4v) is 3.03. The van der Waals surface area contributed by atoms with E-state index in [9.17, 15) is 4.79 Å². The van der Waals surface area contributed by atoms with Gasteiger partial charge in [-0.15, -0.1) is 0 Å². The molecule has 1 aliphatic heterocycles. The summed E-state index contributed by atoms with van der Waals surface area (Å²) in [6, 6.07) is 12.1. The number of hydrogen-bond donors (Lipinski definition) is 0. The first-order valence-corrected chi connectivity index (χ1v) is 8.55. The molecule has 5 heteroatoms. The number of aromatic nitrogens is 2. The molecule has 1 atom stereocenters. The number of hydrogen-bond acceptors (Lipinski definition) is 4. The minimum Gasteiger partial charge on any atom is -0.472 e. The number of benzene rings is 1. The maximum Gasteiger partial charge on any atom is 0.222 e. The van der Waals surface area contributed by atoms with Gasteiger partial charge in [-0.1, -0.05) is 30.3 Å². The number of amides is 1. The highest BCUT2D eigenvalue weighted by atomic mass is 16.5. The second-order valence-electron chi connectivity index (χ2n) is 6.11. The first-order chi connectivity index (χ1) is 11.8. The number of nitrogens with zero attached hydrogens (tertiary/aromatic N) is 3. The Balaban J connectivity index is 1.44. The molecule has 3 rings (SSSR count). The van der Waals surface area contributed by atoms with Gasteiger partial charge in [0.15, 0.2) is 0 Å². The van der Waals surface area contributed by atoms with Gasteiger partial charge in [-0.25, -0.2) is 9.97 Å². The van der Waals surface area contributed by atoms with Crippen LogP contribution >= 0.6 is 0 Å². The van der Waals surface area contributed by atoms with Gasteiger partial charge in [0.25, 0.3) is 0 Å². The summed E-state index contributed by atoms with van der Waals surface area (Å²) in [5.74, 6) is 0.801. The molecule has 1 saturated heterocycles. The summed E-state index contributed by atoms with van der Waals surface area (Å²) in [6.45, 7) is 1.47. The van der Waals surface area contributed by atoms with E-state index >= 15 is 0 Å². The standard InChI is InChI=1S/C19H23N3O2/c23-19(10-4-8-16-6-2-1-3-7-16)22-13-5-9-17(14-22)24-18-11-12-20-15-21-18/h1-3,6-7,11-12,15,17H,4-5,8-10,13-14H2. The maximum absolute atomic E-state index is 12.4. The molecule has 5 nitrogen and oxygen atoms in total. The molecule has 0 N–H and O–H groups in total. The monoisotopic (exact) mass is 325 g/mol. The van der Waals surface area contributed by atoms with Crippen molar-refractivity contribution in [1.82, 2.24) is 14.9 Å². The Morgan fingerprint density at radius 3 is 2.92 bits per heavy atom. The Morgan fingerprint density at radius 1 is 1.25 bits per heavy atom. The normalized spacial score (nSPS) is 17.5. The summed E-state index contributed by atoms with van der Waals surface area (Å²) in [4.78, 5) is 22.3. The second-order valence-corrected chi connectivity index (χ2v) is 6.11. The molecule has 0 spiro atoms. The highest BCUT2D eigenvalue weighted by Crippen LogP contribution is 2.17. The minimum absolute atomic E-state index is 0.0201. The number of carbonyl (C=O) groups is 1. The van der Waals surface area contributed by atoms with Crippen molar-refractivity contribution in [2.24, 2.45) is 0 Å². The van der Waals surface area contributed by atoms with Crippen molar-refractivity contribution in [3.05, 3.63) is 54.5 Å². The Morgan fingerprint density at radius 2 is 2.12 bits per heavy atom. The summed E-state index contributed by atoms with van der Waals surface area (Å²) in [6.07, 6.45) is 7.51. The zero-order valence-corrected chi connectivity index (χ0v) is 13.8. The third-order valence-electron chi connectivity index (χ3n) is 4.27. The van der Waals surface area contributed by atoms with E-state index < -0.39 is 0 Å². The van der Waals surface area contributed by atoms with Crippen LogP contribution in [0.2, 0.25) is 0 Å². The Labute approximate surface area is 142 Å². The molecular formula is C19H23N3O2. The molecule has 126 valence electrons. The number of ether oxygens (including phenoxy) is 1. The second kappa shape index (κ2) is 8.43. The molecule has 1 unspecified atom stereocenters. The van der Waals surface area contributed by atoms with Crippen molar-refractivity contribution in [1.29, 1.82) is 0 Å². The summed E-state index contributed by atoms with van der Waals surface area (Å²) < 4.78 is 5.86. The van der Waals surface area contributed by atoms with Crippen LogP contribution in [0.1, 0.15) is 31.2 Å². The third kappa shape index (κ3) is 4.78. The molecule has 1 fully saturated rings. The van der Waals surface area contributed by atoms with Crippen molar-refractivity contribution in [2.45, 2.75) is 38.2 Å². The minimum atomic E-state index is 0.0201. The Kier molecular flexibility index (Phi) is 5.77. The van der Waals surface area contributed by atoms with Gasteiger partial charge in [-0.3, -0.25) is 4.79 Å². The van der Waals surface area contributed by atoms with E-state index in [0.717, 1.165) is 32.2 Å². The van der Waals surface area contributed by atoms with Gasteiger partial charge in [0, 0.05) is 25.2 Å². The molecule has 0 radical (unpaired) electrons. The lowest BCUT2D eigenvalue weighted by Crippen LogP contribution is -2.44. The van der Waals surface area contributed by atoms with Crippen molar-refractivity contribution >= 4 is 5.91 Å². The molecule has 2 heterocycles. The van der Waals surface area contributed by atoms with Gasteiger partial charge in [0.2, 0.25) is 11.8 Å². The average molecular weight is 325 g/mol. The third-order valence-corrected chi connectivity index (χ3v) is 4.27. The van der Waals surface area contributed by atoms with E-state index in [2.05, 4.69) is 22.1 Å². The van der Waals surface area contributed by atoms with Crippen molar-refractivity contribution in [3.8, 4) is 5.88 Å². The van der Waals surface area contributed by atoms with Gasteiger partial charge >= 0.3 is 0 Å². The molecule has 2 aromatic rings. The Bertz CT molecular complexity index is 634. The molecule has 1 aromatic carbocycles. The molecule has 24 heavy (non-hydrogen) atoms. The van der Waals surface area contributed by atoms with Gasteiger partial charge in [-0.2, -0.15) is 0 Å². The number of rotatable bonds is 6. The SMILES string of the molecule is O=C(CCCc1ccccc1)N1CCCC(Oc2ccncn2)C1. The fourth-order valence-electron chi connectivity index (χ4n) is 3.03. The molecule has 1 aromatic heterocycles. The molecule has 0 saturated carbocycles. The molecule has 0 bridgehead atoms. The molecule has 0 aliphatic carbocycles. The highest BCUT2D eigenvalue weighted by Gasteiger charge is 2.24. The van der Waals surface area contributed by atoms with Crippen LogP contribution in [0.4, 0.5) is 0 Å². The molecule has 1 amide bonds. The van der Waals surface area contributed by atoms with Crippen LogP contribution < -0.4 is 4.74 Å². The highest BCUT2D eigenvalue weighted by molar-refractivity contribution is 5.76. The van der Waals surface area contributed by atoms with Crippen molar-refractivity contribution in [2.75, 3.05) is 13.1 Å². The predicted molar refractivity (Wildman–Crippen MR) is 91.6 cm³/mol. The van der Waals surface area contributed by atoms with E-state index in [1.54, 1.807) is 12.3 Å². The van der Waals surface area contributed by atoms with E-state index in [1.807, 2.05) is 23.1 Å². The van der Waals surface area contributed by atoms with E-state index in [1.165, 1.54) is 11.9 Å². The quantitative estimate of drug-likeness (QED) is 0.819. The molecular weight excluding hydrogens is 302 g/mol. The summed E-state index contributed by atoms with van der Waals surface area (Å²) in [5, 5.41) is 0. The fraction of sp³-hybridized carbons (Fsp3) is 0.421. The Hall–Kier alpha value is -2.43. The van der Waals surface area contributed by atoms with Crippen LogP contribution in [0.3, 0.4) is 0 Å².